The number of nitrogens with zero attached hydrogens (tertiary/aromatic N) is 3. The Bertz CT molecular complexity index is 631. The van der Waals surface area contributed by atoms with Crippen molar-refractivity contribution in [3.63, 3.8) is 0 Å². The van der Waals surface area contributed by atoms with Gasteiger partial charge >= 0.3 is 6.09 Å². The van der Waals surface area contributed by atoms with Gasteiger partial charge in [0.15, 0.2) is 0 Å². The summed E-state index contributed by atoms with van der Waals surface area (Å²) >= 11 is 0. The summed E-state index contributed by atoms with van der Waals surface area (Å²) in [6.45, 7) is 1.94. The normalized spacial score (nSPS) is 14.4. The van der Waals surface area contributed by atoms with Crippen molar-refractivity contribution in [1.82, 2.24) is 14.5 Å². The van der Waals surface area contributed by atoms with Gasteiger partial charge in [0.25, 0.3) is 0 Å². The highest BCUT2D eigenvalue weighted by atomic mass is 16.6. The minimum absolute atomic E-state index is 0.190. The zero-order valence-electron chi connectivity index (χ0n) is 10.5. The molecule has 3 rings (SSSR count). The Morgan fingerprint density at radius 2 is 2.26 bits per heavy atom. The third-order valence-electron chi connectivity index (χ3n) is 3.13. The number of pyridine rings is 1. The molecule has 1 saturated carbocycles. The largest absolute Gasteiger partial charge is 0.411 e. The van der Waals surface area contributed by atoms with Gasteiger partial charge in [0.1, 0.15) is 0 Å². The first-order valence-electron chi connectivity index (χ1n) is 6.11. The van der Waals surface area contributed by atoms with E-state index in [-0.39, 0.29) is 5.88 Å². The molecule has 0 aliphatic heterocycles. The van der Waals surface area contributed by atoms with E-state index in [0.717, 1.165) is 16.9 Å². The third kappa shape index (κ3) is 2.42. The van der Waals surface area contributed by atoms with Crippen LogP contribution in [0.4, 0.5) is 4.79 Å². The maximum atomic E-state index is 10.7. The van der Waals surface area contributed by atoms with Crippen LogP contribution in [-0.2, 0) is 0 Å². The van der Waals surface area contributed by atoms with E-state index in [1.54, 1.807) is 18.6 Å². The second kappa shape index (κ2) is 4.38. The lowest BCUT2D eigenvalue weighted by Gasteiger charge is -2.08. The Hall–Kier alpha value is -2.37. The Kier molecular flexibility index (Phi) is 2.70. The molecule has 2 heterocycles. The van der Waals surface area contributed by atoms with E-state index in [4.69, 9.17) is 10.5 Å². The molecule has 2 aromatic heterocycles. The van der Waals surface area contributed by atoms with E-state index in [1.165, 1.54) is 12.8 Å². The SMILES string of the molecule is Cc1cnc(OC(N)=O)cc1-n1cnc(C2CC2)c1. The number of aromatic nitrogens is 3. The summed E-state index contributed by atoms with van der Waals surface area (Å²) in [5.41, 5.74) is 7.94. The van der Waals surface area contributed by atoms with E-state index < -0.39 is 6.09 Å². The fraction of sp³-hybridized carbons (Fsp3) is 0.308. The van der Waals surface area contributed by atoms with Gasteiger partial charge in [0.05, 0.1) is 17.7 Å². The molecule has 98 valence electrons. The fourth-order valence-electron chi connectivity index (χ4n) is 1.99. The molecule has 19 heavy (non-hydrogen) atoms. The van der Waals surface area contributed by atoms with Crippen LogP contribution < -0.4 is 10.5 Å². The molecule has 2 aromatic rings. The molecular formula is C13H14N4O2. The van der Waals surface area contributed by atoms with Crippen molar-refractivity contribution in [2.24, 2.45) is 5.73 Å². The zero-order chi connectivity index (χ0) is 13.4. The van der Waals surface area contributed by atoms with Crippen molar-refractivity contribution in [1.29, 1.82) is 0 Å². The summed E-state index contributed by atoms with van der Waals surface area (Å²) in [5, 5.41) is 0. The second-order valence-electron chi connectivity index (χ2n) is 4.71. The standard InChI is InChI=1S/C13H14N4O2/c1-8-5-15-12(19-13(14)18)4-11(8)17-6-10(16-7-17)9-2-3-9/h4-7,9H,2-3H2,1H3,(H2,14,18). The number of imidazole rings is 1. The molecule has 1 amide bonds. The molecule has 1 fully saturated rings. The first kappa shape index (κ1) is 11.7. The van der Waals surface area contributed by atoms with Crippen LogP contribution in [0.1, 0.15) is 30.0 Å². The predicted octanol–water partition coefficient (Wildman–Crippen LogP) is 1.91. The molecule has 2 N–H and O–H groups in total. The van der Waals surface area contributed by atoms with Crippen molar-refractivity contribution in [3.05, 3.63) is 36.0 Å². The van der Waals surface area contributed by atoms with Gasteiger partial charge in [-0.3, -0.25) is 0 Å². The smallest absolute Gasteiger partial charge is 0.391 e. The topological polar surface area (TPSA) is 83.0 Å². The summed E-state index contributed by atoms with van der Waals surface area (Å²) in [6, 6.07) is 1.68. The van der Waals surface area contributed by atoms with Gasteiger partial charge in [-0.1, -0.05) is 0 Å². The van der Waals surface area contributed by atoms with Gasteiger partial charge in [-0.05, 0) is 25.3 Å². The minimum atomic E-state index is -0.869. The van der Waals surface area contributed by atoms with Crippen LogP contribution in [0.2, 0.25) is 0 Å². The van der Waals surface area contributed by atoms with Gasteiger partial charge in [0, 0.05) is 24.4 Å². The Balaban J connectivity index is 1.94. The van der Waals surface area contributed by atoms with E-state index in [2.05, 4.69) is 9.97 Å². The van der Waals surface area contributed by atoms with E-state index in [1.807, 2.05) is 17.7 Å². The Labute approximate surface area is 110 Å². The maximum absolute atomic E-state index is 10.7. The van der Waals surface area contributed by atoms with Crippen LogP contribution in [-0.4, -0.2) is 20.6 Å². The lowest BCUT2D eigenvalue weighted by Crippen LogP contribution is -2.17. The average Bonchev–Trinajstić information content (AvgIpc) is 3.10. The number of primary amides is 1. The molecule has 0 aromatic carbocycles. The number of rotatable bonds is 3. The molecule has 0 bridgehead atoms. The first-order chi connectivity index (χ1) is 9.13. The monoisotopic (exact) mass is 258 g/mol. The molecule has 6 nitrogen and oxygen atoms in total. The van der Waals surface area contributed by atoms with Gasteiger partial charge in [-0.2, -0.15) is 0 Å². The van der Waals surface area contributed by atoms with Crippen molar-refractivity contribution in [2.75, 3.05) is 0 Å². The lowest BCUT2D eigenvalue weighted by atomic mass is 10.2. The fourth-order valence-corrected chi connectivity index (χ4v) is 1.99. The van der Waals surface area contributed by atoms with Crippen LogP contribution in [0, 0.1) is 6.92 Å². The molecule has 0 radical (unpaired) electrons. The summed E-state index contributed by atoms with van der Waals surface area (Å²) < 4.78 is 6.71. The lowest BCUT2D eigenvalue weighted by molar-refractivity contribution is 0.209. The number of aryl methyl sites for hydroxylation is 1. The number of carbonyl (C=O) groups excluding carboxylic acids is 1. The van der Waals surface area contributed by atoms with Gasteiger partial charge in [-0.15, -0.1) is 0 Å². The molecule has 0 spiro atoms. The molecule has 0 unspecified atom stereocenters. The number of carbonyl (C=O) groups is 1. The van der Waals surface area contributed by atoms with Crippen molar-refractivity contribution in [3.8, 4) is 11.6 Å². The van der Waals surface area contributed by atoms with Crippen LogP contribution in [0.15, 0.2) is 24.8 Å². The van der Waals surface area contributed by atoms with Crippen LogP contribution in [0.5, 0.6) is 5.88 Å². The summed E-state index contributed by atoms with van der Waals surface area (Å²) in [7, 11) is 0. The highest BCUT2D eigenvalue weighted by Gasteiger charge is 2.26. The van der Waals surface area contributed by atoms with Crippen molar-refractivity contribution in [2.45, 2.75) is 25.7 Å². The molecular weight excluding hydrogens is 244 g/mol. The average molecular weight is 258 g/mol. The highest BCUT2D eigenvalue weighted by Crippen LogP contribution is 2.39. The second-order valence-corrected chi connectivity index (χ2v) is 4.71. The molecule has 0 saturated heterocycles. The van der Waals surface area contributed by atoms with Gasteiger partial charge in [-0.25, -0.2) is 14.8 Å². The Morgan fingerprint density at radius 1 is 1.47 bits per heavy atom. The summed E-state index contributed by atoms with van der Waals surface area (Å²) in [5.74, 6) is 0.791. The van der Waals surface area contributed by atoms with E-state index in [9.17, 15) is 4.79 Å². The number of hydrogen-bond acceptors (Lipinski definition) is 4. The van der Waals surface area contributed by atoms with E-state index >= 15 is 0 Å². The number of nitrogens with two attached hydrogens (primary N) is 1. The van der Waals surface area contributed by atoms with Crippen molar-refractivity contribution < 1.29 is 9.53 Å². The zero-order valence-corrected chi connectivity index (χ0v) is 10.5. The van der Waals surface area contributed by atoms with E-state index in [0.29, 0.717) is 5.92 Å². The minimum Gasteiger partial charge on any atom is -0.391 e. The number of hydrogen-bond donors (Lipinski definition) is 1. The maximum Gasteiger partial charge on any atom is 0.411 e. The molecule has 0 atom stereocenters. The number of amides is 1. The van der Waals surface area contributed by atoms with Gasteiger partial charge in [0.2, 0.25) is 5.88 Å². The highest BCUT2D eigenvalue weighted by molar-refractivity contribution is 5.67. The molecule has 1 aliphatic rings. The number of ether oxygens (including phenoxy) is 1. The molecule has 6 heteroatoms. The van der Waals surface area contributed by atoms with Crippen LogP contribution in [0.25, 0.3) is 5.69 Å². The third-order valence-corrected chi connectivity index (χ3v) is 3.13. The van der Waals surface area contributed by atoms with Crippen molar-refractivity contribution >= 4 is 6.09 Å². The summed E-state index contributed by atoms with van der Waals surface area (Å²) in [4.78, 5) is 19.1. The predicted molar refractivity (Wildman–Crippen MR) is 68.3 cm³/mol. The first-order valence-corrected chi connectivity index (χ1v) is 6.11. The van der Waals surface area contributed by atoms with Gasteiger partial charge < -0.3 is 15.0 Å². The van der Waals surface area contributed by atoms with Crippen LogP contribution in [0.3, 0.4) is 0 Å². The Morgan fingerprint density at radius 3 is 2.95 bits per heavy atom. The quantitative estimate of drug-likeness (QED) is 0.911. The summed E-state index contributed by atoms with van der Waals surface area (Å²) in [6.07, 6.45) is 6.97. The molecule has 1 aliphatic carbocycles. The van der Waals surface area contributed by atoms with Crippen LogP contribution >= 0.6 is 0 Å².